The zero-order chi connectivity index (χ0) is 10.3. The van der Waals surface area contributed by atoms with Crippen LogP contribution in [0.4, 0.5) is 5.82 Å². The predicted octanol–water partition coefficient (Wildman–Crippen LogP) is 0.376. The smallest absolute Gasteiger partial charge is 0.228 e. The molecular weight excluding hydrogens is 192 g/mol. The van der Waals surface area contributed by atoms with E-state index in [9.17, 15) is 4.79 Å². The molecule has 80 valence electrons. The molecule has 1 amide bonds. The van der Waals surface area contributed by atoms with Crippen LogP contribution in [0.25, 0.3) is 0 Å². The van der Waals surface area contributed by atoms with Gasteiger partial charge in [0, 0.05) is 25.1 Å². The Bertz CT molecular complexity index is 379. The van der Waals surface area contributed by atoms with Crippen LogP contribution in [-0.4, -0.2) is 28.8 Å². The van der Waals surface area contributed by atoms with Crippen molar-refractivity contribution >= 4 is 11.7 Å². The highest BCUT2D eigenvalue weighted by atomic mass is 16.2. The Balaban J connectivity index is 1.72. The molecular formula is C10H14N4O. The van der Waals surface area contributed by atoms with Gasteiger partial charge in [0.15, 0.2) is 0 Å². The van der Waals surface area contributed by atoms with Crippen molar-refractivity contribution in [3.05, 3.63) is 12.3 Å². The number of hydrogen-bond acceptors (Lipinski definition) is 3. The molecule has 0 bridgehead atoms. The topological polar surface area (TPSA) is 59.0 Å². The Morgan fingerprint density at radius 2 is 2.33 bits per heavy atom. The quantitative estimate of drug-likeness (QED) is 0.751. The van der Waals surface area contributed by atoms with E-state index in [1.807, 2.05) is 10.7 Å². The fourth-order valence-electron chi connectivity index (χ4n) is 1.72. The highest BCUT2D eigenvalue weighted by Crippen LogP contribution is 2.30. The summed E-state index contributed by atoms with van der Waals surface area (Å²) in [5.74, 6) is 1.22. The monoisotopic (exact) mass is 206 g/mol. The lowest BCUT2D eigenvalue weighted by molar-refractivity contribution is -0.117. The second-order valence-corrected chi connectivity index (χ2v) is 4.24. The van der Waals surface area contributed by atoms with Gasteiger partial charge in [0.25, 0.3) is 0 Å². The zero-order valence-electron chi connectivity index (χ0n) is 8.44. The highest BCUT2D eigenvalue weighted by Gasteiger charge is 2.31. The number of carbonyl (C=O) groups is 1. The first kappa shape index (κ1) is 8.91. The number of nitrogens with zero attached hydrogens (tertiary/aromatic N) is 2. The number of anilines is 1. The Labute approximate surface area is 87.8 Å². The standard InChI is InChI=1S/C10H14N4O/c15-10(7-1-2-7)13-9-3-4-12-14(9)8-5-11-6-8/h3-4,7-8,11H,1-2,5-6H2,(H,13,15). The van der Waals surface area contributed by atoms with E-state index in [2.05, 4.69) is 15.7 Å². The second kappa shape index (κ2) is 3.34. The minimum atomic E-state index is 0.143. The molecule has 1 saturated heterocycles. The lowest BCUT2D eigenvalue weighted by atomic mass is 10.2. The minimum absolute atomic E-state index is 0.143. The van der Waals surface area contributed by atoms with Gasteiger partial charge in [-0.1, -0.05) is 0 Å². The minimum Gasteiger partial charge on any atom is -0.312 e. The first-order valence-electron chi connectivity index (χ1n) is 5.39. The summed E-state index contributed by atoms with van der Waals surface area (Å²) < 4.78 is 1.90. The zero-order valence-corrected chi connectivity index (χ0v) is 8.44. The molecule has 1 aliphatic heterocycles. The summed E-state index contributed by atoms with van der Waals surface area (Å²) in [5.41, 5.74) is 0. The summed E-state index contributed by atoms with van der Waals surface area (Å²) in [5, 5.41) is 10.4. The molecule has 0 radical (unpaired) electrons. The number of aromatic nitrogens is 2. The average Bonchev–Trinajstić information content (AvgIpc) is 2.89. The Morgan fingerprint density at radius 3 is 2.93 bits per heavy atom. The van der Waals surface area contributed by atoms with Crippen molar-refractivity contribution in [1.82, 2.24) is 15.1 Å². The van der Waals surface area contributed by atoms with E-state index >= 15 is 0 Å². The summed E-state index contributed by atoms with van der Waals surface area (Å²) in [7, 11) is 0. The van der Waals surface area contributed by atoms with Gasteiger partial charge in [-0.25, -0.2) is 4.68 Å². The van der Waals surface area contributed by atoms with Crippen molar-refractivity contribution in [2.45, 2.75) is 18.9 Å². The van der Waals surface area contributed by atoms with E-state index in [4.69, 9.17) is 0 Å². The van der Waals surface area contributed by atoms with Gasteiger partial charge >= 0.3 is 0 Å². The van der Waals surface area contributed by atoms with E-state index in [1.165, 1.54) is 0 Å². The number of hydrogen-bond donors (Lipinski definition) is 2. The van der Waals surface area contributed by atoms with E-state index in [0.717, 1.165) is 31.7 Å². The van der Waals surface area contributed by atoms with E-state index in [0.29, 0.717) is 6.04 Å². The number of carbonyl (C=O) groups excluding carboxylic acids is 1. The number of rotatable bonds is 3. The van der Waals surface area contributed by atoms with Gasteiger partial charge < -0.3 is 10.6 Å². The van der Waals surface area contributed by atoms with Crippen molar-refractivity contribution < 1.29 is 4.79 Å². The van der Waals surface area contributed by atoms with Gasteiger partial charge in [-0.05, 0) is 12.8 Å². The largest absolute Gasteiger partial charge is 0.312 e. The third-order valence-electron chi connectivity index (χ3n) is 2.98. The third-order valence-corrected chi connectivity index (χ3v) is 2.98. The third kappa shape index (κ3) is 1.63. The molecule has 1 aromatic rings. The molecule has 1 aromatic heterocycles. The second-order valence-electron chi connectivity index (χ2n) is 4.24. The van der Waals surface area contributed by atoms with Crippen LogP contribution >= 0.6 is 0 Å². The maximum atomic E-state index is 11.6. The maximum Gasteiger partial charge on any atom is 0.228 e. The molecule has 2 N–H and O–H groups in total. The first-order chi connectivity index (χ1) is 7.34. The fraction of sp³-hybridized carbons (Fsp3) is 0.600. The molecule has 0 atom stereocenters. The molecule has 5 nitrogen and oxygen atoms in total. The fourth-order valence-corrected chi connectivity index (χ4v) is 1.72. The van der Waals surface area contributed by atoms with Crippen molar-refractivity contribution in [2.75, 3.05) is 18.4 Å². The molecule has 2 aliphatic rings. The van der Waals surface area contributed by atoms with Crippen molar-refractivity contribution in [3.63, 3.8) is 0 Å². The van der Waals surface area contributed by atoms with Crippen molar-refractivity contribution in [2.24, 2.45) is 5.92 Å². The maximum absolute atomic E-state index is 11.6. The molecule has 2 heterocycles. The van der Waals surface area contributed by atoms with Gasteiger partial charge in [0.1, 0.15) is 5.82 Å². The van der Waals surface area contributed by atoms with Crippen molar-refractivity contribution in [3.8, 4) is 0 Å². The molecule has 2 fully saturated rings. The molecule has 3 rings (SSSR count). The van der Waals surface area contributed by atoms with Gasteiger partial charge in [-0.3, -0.25) is 4.79 Å². The lowest BCUT2D eigenvalue weighted by Gasteiger charge is -2.28. The van der Waals surface area contributed by atoms with Crippen LogP contribution in [-0.2, 0) is 4.79 Å². The van der Waals surface area contributed by atoms with Crippen molar-refractivity contribution in [1.29, 1.82) is 0 Å². The number of amides is 1. The van der Waals surface area contributed by atoms with Gasteiger partial charge in [-0.2, -0.15) is 5.10 Å². The first-order valence-corrected chi connectivity index (χ1v) is 5.39. The molecule has 0 spiro atoms. The molecule has 5 heteroatoms. The molecule has 1 saturated carbocycles. The Morgan fingerprint density at radius 1 is 1.53 bits per heavy atom. The van der Waals surface area contributed by atoms with Crippen LogP contribution in [0.1, 0.15) is 18.9 Å². The van der Waals surface area contributed by atoms with E-state index in [-0.39, 0.29) is 11.8 Å². The molecule has 1 aliphatic carbocycles. The van der Waals surface area contributed by atoms with Gasteiger partial charge in [-0.15, -0.1) is 0 Å². The SMILES string of the molecule is O=C(Nc1ccnn1C1CNC1)C1CC1. The summed E-state index contributed by atoms with van der Waals surface area (Å²) in [6, 6.07) is 2.26. The predicted molar refractivity (Wildman–Crippen MR) is 55.5 cm³/mol. The van der Waals surface area contributed by atoms with Crippen LogP contribution < -0.4 is 10.6 Å². The summed E-state index contributed by atoms with van der Waals surface area (Å²) in [4.78, 5) is 11.6. The molecule has 0 unspecified atom stereocenters. The summed E-state index contributed by atoms with van der Waals surface area (Å²) in [6.07, 6.45) is 3.80. The van der Waals surface area contributed by atoms with Crippen LogP contribution in [0.2, 0.25) is 0 Å². The van der Waals surface area contributed by atoms with Crippen LogP contribution in [0.3, 0.4) is 0 Å². The lowest BCUT2D eigenvalue weighted by Crippen LogP contribution is -2.44. The normalized spacial score (nSPS) is 21.1. The summed E-state index contributed by atoms with van der Waals surface area (Å²) in [6.45, 7) is 1.88. The highest BCUT2D eigenvalue weighted by molar-refractivity contribution is 5.93. The summed E-state index contributed by atoms with van der Waals surface area (Å²) >= 11 is 0. The average molecular weight is 206 g/mol. The Hall–Kier alpha value is -1.36. The molecule has 15 heavy (non-hydrogen) atoms. The van der Waals surface area contributed by atoms with Gasteiger partial charge in [0.2, 0.25) is 5.91 Å². The molecule has 0 aromatic carbocycles. The van der Waals surface area contributed by atoms with Crippen LogP contribution in [0.5, 0.6) is 0 Å². The van der Waals surface area contributed by atoms with Crippen LogP contribution in [0.15, 0.2) is 12.3 Å². The van der Waals surface area contributed by atoms with E-state index < -0.39 is 0 Å². The number of nitrogens with one attached hydrogen (secondary N) is 2. The van der Waals surface area contributed by atoms with Crippen LogP contribution in [0, 0.1) is 5.92 Å². The van der Waals surface area contributed by atoms with E-state index in [1.54, 1.807) is 6.20 Å². The van der Waals surface area contributed by atoms with Gasteiger partial charge in [0.05, 0.1) is 12.2 Å². The Kier molecular flexibility index (Phi) is 1.98.